The van der Waals surface area contributed by atoms with E-state index in [-0.39, 0.29) is 0 Å². The second-order valence-corrected chi connectivity index (χ2v) is 4.32. The van der Waals surface area contributed by atoms with Gasteiger partial charge in [0.1, 0.15) is 0 Å². The highest BCUT2D eigenvalue weighted by Gasteiger charge is 2.35. The molecular formula is C12H25NO. The van der Waals surface area contributed by atoms with Crippen LogP contribution in [0.25, 0.3) is 0 Å². The van der Waals surface area contributed by atoms with Gasteiger partial charge in [0.2, 0.25) is 0 Å². The lowest BCUT2D eigenvalue weighted by Gasteiger charge is -1.99. The van der Waals surface area contributed by atoms with Crippen LogP contribution < -0.4 is 5.73 Å². The van der Waals surface area contributed by atoms with Crippen molar-refractivity contribution in [2.75, 3.05) is 6.54 Å². The summed E-state index contributed by atoms with van der Waals surface area (Å²) in [6.07, 6.45) is 11.7. The Bertz CT molecular complexity index is 138. The molecule has 1 saturated heterocycles. The molecule has 1 fully saturated rings. The van der Waals surface area contributed by atoms with Crippen LogP contribution in [0.1, 0.15) is 58.3 Å². The van der Waals surface area contributed by atoms with Gasteiger partial charge in [-0.05, 0) is 25.8 Å². The Morgan fingerprint density at radius 3 is 2.14 bits per heavy atom. The third-order valence-electron chi connectivity index (χ3n) is 3.03. The average Bonchev–Trinajstić information content (AvgIpc) is 2.95. The first-order valence-corrected chi connectivity index (χ1v) is 6.24. The van der Waals surface area contributed by atoms with Crippen LogP contribution in [-0.4, -0.2) is 18.8 Å². The molecule has 2 atom stereocenters. The van der Waals surface area contributed by atoms with Gasteiger partial charge < -0.3 is 10.5 Å². The summed E-state index contributed by atoms with van der Waals surface area (Å²) in [5.41, 5.74) is 5.43. The predicted octanol–water partition coefficient (Wildman–Crippen LogP) is 2.85. The lowest BCUT2D eigenvalue weighted by molar-refractivity contribution is 0.355. The summed E-state index contributed by atoms with van der Waals surface area (Å²) in [6, 6.07) is 0. The van der Waals surface area contributed by atoms with Crippen LogP contribution in [0.3, 0.4) is 0 Å². The number of nitrogens with two attached hydrogens (primary N) is 1. The molecule has 1 heterocycles. The molecule has 0 radical (unpaired) electrons. The SMILES string of the molecule is CCC1OC1CCCCCCCCN. The van der Waals surface area contributed by atoms with Gasteiger partial charge in [0.25, 0.3) is 0 Å². The highest BCUT2D eigenvalue weighted by Crippen LogP contribution is 2.29. The highest BCUT2D eigenvalue weighted by atomic mass is 16.6. The first-order valence-electron chi connectivity index (χ1n) is 6.24. The Morgan fingerprint density at radius 1 is 0.929 bits per heavy atom. The van der Waals surface area contributed by atoms with Gasteiger partial charge in [-0.2, -0.15) is 0 Å². The summed E-state index contributed by atoms with van der Waals surface area (Å²) >= 11 is 0. The van der Waals surface area contributed by atoms with E-state index in [2.05, 4.69) is 6.92 Å². The number of unbranched alkanes of at least 4 members (excludes halogenated alkanes) is 5. The zero-order valence-electron chi connectivity index (χ0n) is 9.50. The van der Waals surface area contributed by atoms with Gasteiger partial charge in [-0.1, -0.05) is 39.0 Å². The first kappa shape index (κ1) is 12.0. The minimum atomic E-state index is 0.604. The minimum absolute atomic E-state index is 0.604. The van der Waals surface area contributed by atoms with E-state index < -0.39 is 0 Å². The molecule has 0 aromatic carbocycles. The van der Waals surface area contributed by atoms with Crippen molar-refractivity contribution >= 4 is 0 Å². The molecule has 14 heavy (non-hydrogen) atoms. The van der Waals surface area contributed by atoms with Crippen LogP contribution in [-0.2, 0) is 4.74 Å². The van der Waals surface area contributed by atoms with Crippen LogP contribution in [0, 0.1) is 0 Å². The zero-order valence-corrected chi connectivity index (χ0v) is 9.50. The first-order chi connectivity index (χ1) is 6.88. The Labute approximate surface area is 88.2 Å². The van der Waals surface area contributed by atoms with E-state index in [0.717, 1.165) is 6.54 Å². The molecule has 1 rings (SSSR count). The van der Waals surface area contributed by atoms with Crippen LogP contribution in [0.4, 0.5) is 0 Å². The number of hydrogen-bond acceptors (Lipinski definition) is 2. The maximum atomic E-state index is 5.49. The molecule has 0 amide bonds. The smallest absolute Gasteiger partial charge is 0.0841 e. The summed E-state index contributed by atoms with van der Waals surface area (Å²) in [7, 11) is 0. The molecule has 0 bridgehead atoms. The highest BCUT2D eigenvalue weighted by molar-refractivity contribution is 4.82. The summed E-state index contributed by atoms with van der Waals surface area (Å²) in [6.45, 7) is 3.06. The Morgan fingerprint density at radius 2 is 1.57 bits per heavy atom. The molecule has 2 heteroatoms. The zero-order chi connectivity index (χ0) is 10.2. The fraction of sp³-hybridized carbons (Fsp3) is 1.00. The minimum Gasteiger partial charge on any atom is -0.370 e. The van der Waals surface area contributed by atoms with Crippen LogP contribution in [0.2, 0.25) is 0 Å². The Hall–Kier alpha value is -0.0800. The molecule has 2 N–H and O–H groups in total. The van der Waals surface area contributed by atoms with Crippen molar-refractivity contribution in [2.24, 2.45) is 5.73 Å². The molecule has 1 aliphatic heterocycles. The quantitative estimate of drug-likeness (QED) is 0.458. The van der Waals surface area contributed by atoms with Gasteiger partial charge in [-0.25, -0.2) is 0 Å². The van der Waals surface area contributed by atoms with Crippen molar-refractivity contribution in [2.45, 2.75) is 70.5 Å². The van der Waals surface area contributed by atoms with Crippen LogP contribution >= 0.6 is 0 Å². The normalized spacial score (nSPS) is 25.3. The number of ether oxygens (including phenoxy) is 1. The average molecular weight is 199 g/mol. The monoisotopic (exact) mass is 199 g/mol. The number of epoxide rings is 1. The lowest BCUT2D eigenvalue weighted by atomic mass is 10.1. The predicted molar refractivity (Wildman–Crippen MR) is 60.3 cm³/mol. The molecule has 1 aliphatic rings. The van der Waals surface area contributed by atoms with Gasteiger partial charge >= 0.3 is 0 Å². The molecule has 0 aliphatic carbocycles. The fourth-order valence-electron chi connectivity index (χ4n) is 1.99. The summed E-state index contributed by atoms with van der Waals surface area (Å²) in [5, 5.41) is 0. The lowest BCUT2D eigenvalue weighted by Crippen LogP contribution is -1.97. The van der Waals surface area contributed by atoms with Gasteiger partial charge in [-0.15, -0.1) is 0 Å². The van der Waals surface area contributed by atoms with E-state index in [4.69, 9.17) is 10.5 Å². The van der Waals surface area contributed by atoms with E-state index in [1.54, 1.807) is 0 Å². The van der Waals surface area contributed by atoms with Crippen molar-refractivity contribution in [3.63, 3.8) is 0 Å². The molecule has 2 unspecified atom stereocenters. The maximum Gasteiger partial charge on any atom is 0.0841 e. The van der Waals surface area contributed by atoms with Crippen molar-refractivity contribution in [1.29, 1.82) is 0 Å². The van der Waals surface area contributed by atoms with Crippen molar-refractivity contribution < 1.29 is 4.74 Å². The van der Waals surface area contributed by atoms with E-state index >= 15 is 0 Å². The van der Waals surface area contributed by atoms with Gasteiger partial charge in [0, 0.05) is 0 Å². The van der Waals surface area contributed by atoms with Crippen LogP contribution in [0.5, 0.6) is 0 Å². The van der Waals surface area contributed by atoms with Crippen molar-refractivity contribution in [3.05, 3.63) is 0 Å². The molecule has 2 nitrogen and oxygen atoms in total. The van der Waals surface area contributed by atoms with E-state index in [1.165, 1.54) is 51.4 Å². The van der Waals surface area contributed by atoms with E-state index in [0.29, 0.717) is 12.2 Å². The molecule has 0 aromatic heterocycles. The van der Waals surface area contributed by atoms with Crippen molar-refractivity contribution in [3.8, 4) is 0 Å². The van der Waals surface area contributed by atoms with E-state index in [1.807, 2.05) is 0 Å². The molecule has 84 valence electrons. The fourth-order valence-corrected chi connectivity index (χ4v) is 1.99. The second kappa shape index (κ2) is 7.24. The second-order valence-electron chi connectivity index (χ2n) is 4.32. The van der Waals surface area contributed by atoms with E-state index in [9.17, 15) is 0 Å². The number of rotatable bonds is 9. The molecule has 0 aromatic rings. The molecular weight excluding hydrogens is 174 g/mol. The van der Waals surface area contributed by atoms with Crippen molar-refractivity contribution in [1.82, 2.24) is 0 Å². The van der Waals surface area contributed by atoms with Gasteiger partial charge in [-0.3, -0.25) is 0 Å². The standard InChI is InChI=1S/C12H25NO/c1-2-11-12(14-11)9-7-5-3-4-6-8-10-13/h11-12H,2-10,13H2,1H3. The molecule has 0 saturated carbocycles. The maximum absolute atomic E-state index is 5.49. The third kappa shape index (κ3) is 4.97. The van der Waals surface area contributed by atoms with Gasteiger partial charge in [0.05, 0.1) is 12.2 Å². The number of hydrogen-bond donors (Lipinski definition) is 1. The topological polar surface area (TPSA) is 38.5 Å². The largest absolute Gasteiger partial charge is 0.370 e. The Balaban J connectivity index is 1.73. The van der Waals surface area contributed by atoms with Crippen LogP contribution in [0.15, 0.2) is 0 Å². The summed E-state index contributed by atoms with van der Waals surface area (Å²) < 4.78 is 5.49. The summed E-state index contributed by atoms with van der Waals surface area (Å²) in [5.74, 6) is 0. The third-order valence-corrected chi connectivity index (χ3v) is 3.03. The van der Waals surface area contributed by atoms with Gasteiger partial charge in [0.15, 0.2) is 0 Å². The Kier molecular flexibility index (Phi) is 6.20. The molecule has 0 spiro atoms. The summed E-state index contributed by atoms with van der Waals surface area (Å²) in [4.78, 5) is 0.